The second-order valence-electron chi connectivity index (χ2n) is 5.05. The zero-order valence-electron chi connectivity index (χ0n) is 13.6. The first-order valence-electron chi connectivity index (χ1n) is 7.60. The molecule has 1 N–H and O–H groups in total. The molecule has 7 heteroatoms. The summed E-state index contributed by atoms with van der Waals surface area (Å²) in [5, 5.41) is 2.59. The summed E-state index contributed by atoms with van der Waals surface area (Å²) in [5.41, 5.74) is 1.02. The number of hydrogen-bond donors (Lipinski definition) is 1. The minimum absolute atomic E-state index is 0.0116. The number of rotatable bonds is 7. The van der Waals surface area contributed by atoms with E-state index >= 15 is 0 Å². The molecule has 0 saturated carbocycles. The van der Waals surface area contributed by atoms with E-state index in [-0.39, 0.29) is 18.8 Å². The Morgan fingerprint density at radius 3 is 2.60 bits per heavy atom. The zero-order valence-corrected chi connectivity index (χ0v) is 13.6. The lowest BCUT2D eigenvalue weighted by Crippen LogP contribution is -2.21. The molecule has 0 atom stereocenters. The summed E-state index contributed by atoms with van der Waals surface area (Å²) in [6.07, 6.45) is 0.0116. The van der Waals surface area contributed by atoms with Gasteiger partial charge in [0, 0.05) is 11.8 Å². The third-order valence-electron chi connectivity index (χ3n) is 3.18. The lowest BCUT2D eigenvalue weighted by Gasteiger charge is -2.11. The molecule has 0 unspecified atom stereocenters. The van der Waals surface area contributed by atoms with Crippen molar-refractivity contribution in [1.29, 1.82) is 0 Å². The molecule has 0 fully saturated rings. The number of anilines is 1. The van der Waals surface area contributed by atoms with Gasteiger partial charge in [-0.25, -0.2) is 8.78 Å². The van der Waals surface area contributed by atoms with Gasteiger partial charge in [-0.15, -0.1) is 0 Å². The van der Waals surface area contributed by atoms with Crippen LogP contribution in [0, 0.1) is 11.6 Å². The molecule has 132 valence electrons. The molecule has 0 aliphatic rings. The monoisotopic (exact) mass is 349 g/mol. The number of hydrogen-bond acceptors (Lipinski definition) is 4. The van der Waals surface area contributed by atoms with Crippen LogP contribution in [0.4, 0.5) is 14.5 Å². The van der Waals surface area contributed by atoms with E-state index in [1.165, 1.54) is 0 Å². The number of halogens is 2. The number of benzene rings is 2. The van der Waals surface area contributed by atoms with Gasteiger partial charge in [-0.3, -0.25) is 9.59 Å². The molecule has 2 aromatic carbocycles. The van der Waals surface area contributed by atoms with Gasteiger partial charge in [0.1, 0.15) is 5.82 Å². The molecule has 2 rings (SSSR count). The molecule has 0 aliphatic heterocycles. The second kappa shape index (κ2) is 8.77. The molecule has 0 bridgehead atoms. The molecule has 0 saturated heterocycles. The van der Waals surface area contributed by atoms with E-state index in [4.69, 9.17) is 9.47 Å². The molecule has 0 spiro atoms. The Morgan fingerprint density at radius 2 is 1.88 bits per heavy atom. The standard InChI is InChI=1S/C18H17F2NO4/c1-2-24-18(23)9-12-5-3-4-6-15(12)21-17(22)11-25-16-8-7-13(19)10-14(16)20/h3-8,10H,2,9,11H2,1H3,(H,21,22). The summed E-state index contributed by atoms with van der Waals surface area (Å²) in [4.78, 5) is 23.6. The Hall–Kier alpha value is -2.96. The van der Waals surface area contributed by atoms with E-state index in [1.54, 1.807) is 31.2 Å². The normalized spacial score (nSPS) is 10.2. The van der Waals surface area contributed by atoms with Gasteiger partial charge in [0.05, 0.1) is 13.0 Å². The van der Waals surface area contributed by atoms with Crippen LogP contribution in [0.2, 0.25) is 0 Å². The summed E-state index contributed by atoms with van der Waals surface area (Å²) in [7, 11) is 0. The molecule has 5 nitrogen and oxygen atoms in total. The average Bonchev–Trinajstić information content (AvgIpc) is 2.56. The highest BCUT2D eigenvalue weighted by Gasteiger charge is 2.12. The predicted octanol–water partition coefficient (Wildman–Crippen LogP) is 3.09. The molecule has 0 aromatic heterocycles. The summed E-state index contributed by atoms with van der Waals surface area (Å²) >= 11 is 0. The van der Waals surface area contributed by atoms with Crippen LogP contribution >= 0.6 is 0 Å². The van der Waals surface area contributed by atoms with Crippen molar-refractivity contribution in [3.05, 3.63) is 59.7 Å². The van der Waals surface area contributed by atoms with E-state index in [9.17, 15) is 18.4 Å². The highest BCUT2D eigenvalue weighted by molar-refractivity contribution is 5.93. The van der Waals surface area contributed by atoms with Gasteiger partial charge in [0.25, 0.3) is 5.91 Å². The van der Waals surface area contributed by atoms with Crippen molar-refractivity contribution in [3.8, 4) is 5.75 Å². The van der Waals surface area contributed by atoms with Crippen molar-refractivity contribution in [3.63, 3.8) is 0 Å². The van der Waals surface area contributed by atoms with Gasteiger partial charge in [-0.1, -0.05) is 18.2 Å². The average molecular weight is 349 g/mol. The molecule has 1 amide bonds. The van der Waals surface area contributed by atoms with Crippen molar-refractivity contribution >= 4 is 17.6 Å². The second-order valence-corrected chi connectivity index (χ2v) is 5.05. The smallest absolute Gasteiger partial charge is 0.310 e. The van der Waals surface area contributed by atoms with Gasteiger partial charge in [0.2, 0.25) is 0 Å². The van der Waals surface area contributed by atoms with Crippen LogP contribution in [0.3, 0.4) is 0 Å². The SMILES string of the molecule is CCOC(=O)Cc1ccccc1NC(=O)COc1ccc(F)cc1F. The third kappa shape index (κ3) is 5.56. The van der Waals surface area contributed by atoms with Crippen molar-refractivity contribution in [1.82, 2.24) is 0 Å². The van der Waals surface area contributed by atoms with E-state index in [1.807, 2.05) is 0 Å². The number of nitrogens with one attached hydrogen (secondary N) is 1. The Labute approximate surface area is 143 Å². The Bertz CT molecular complexity index is 764. The van der Waals surface area contributed by atoms with E-state index < -0.39 is 30.1 Å². The molecule has 0 radical (unpaired) electrons. The number of amides is 1. The number of esters is 1. The first-order valence-corrected chi connectivity index (χ1v) is 7.60. The fourth-order valence-corrected chi connectivity index (χ4v) is 2.09. The van der Waals surface area contributed by atoms with E-state index in [2.05, 4.69) is 5.32 Å². The number of carbonyl (C=O) groups excluding carboxylic acids is 2. The van der Waals surface area contributed by atoms with Crippen molar-refractivity contribution in [2.24, 2.45) is 0 Å². The first-order chi connectivity index (χ1) is 12.0. The topological polar surface area (TPSA) is 64.6 Å². The Morgan fingerprint density at radius 1 is 1.12 bits per heavy atom. The largest absolute Gasteiger partial charge is 0.481 e. The summed E-state index contributed by atoms with van der Waals surface area (Å²) < 4.78 is 36.2. The maximum Gasteiger partial charge on any atom is 0.310 e. The predicted molar refractivity (Wildman–Crippen MR) is 87.3 cm³/mol. The minimum atomic E-state index is -0.893. The van der Waals surface area contributed by atoms with Crippen LogP contribution in [0.25, 0.3) is 0 Å². The molecule has 25 heavy (non-hydrogen) atoms. The fraction of sp³-hybridized carbons (Fsp3) is 0.222. The van der Waals surface area contributed by atoms with Gasteiger partial charge >= 0.3 is 5.97 Å². The van der Waals surface area contributed by atoms with Gasteiger partial charge in [-0.05, 0) is 30.7 Å². The highest BCUT2D eigenvalue weighted by Crippen LogP contribution is 2.19. The number of ether oxygens (including phenoxy) is 2. The molecular weight excluding hydrogens is 332 g/mol. The zero-order chi connectivity index (χ0) is 18.2. The van der Waals surface area contributed by atoms with E-state index in [0.29, 0.717) is 17.3 Å². The summed E-state index contributed by atoms with van der Waals surface area (Å²) in [5.74, 6) is -2.80. The number of para-hydroxylation sites is 1. The Kier molecular flexibility index (Phi) is 6.45. The van der Waals surface area contributed by atoms with Crippen LogP contribution in [0.15, 0.2) is 42.5 Å². The van der Waals surface area contributed by atoms with E-state index in [0.717, 1.165) is 12.1 Å². The lowest BCUT2D eigenvalue weighted by molar-refractivity contribution is -0.142. The molecular formula is C18H17F2NO4. The lowest BCUT2D eigenvalue weighted by atomic mass is 10.1. The van der Waals surface area contributed by atoms with Crippen LogP contribution in [-0.4, -0.2) is 25.1 Å². The molecule has 0 aliphatic carbocycles. The van der Waals surface area contributed by atoms with Gasteiger partial charge in [0.15, 0.2) is 18.2 Å². The summed E-state index contributed by atoms with van der Waals surface area (Å²) in [6, 6.07) is 9.55. The van der Waals surface area contributed by atoms with Crippen molar-refractivity contribution in [2.45, 2.75) is 13.3 Å². The highest BCUT2D eigenvalue weighted by atomic mass is 19.1. The first kappa shape index (κ1) is 18.4. The van der Waals surface area contributed by atoms with Crippen LogP contribution < -0.4 is 10.1 Å². The maximum atomic E-state index is 13.5. The van der Waals surface area contributed by atoms with Crippen molar-refractivity contribution < 1.29 is 27.8 Å². The summed E-state index contributed by atoms with van der Waals surface area (Å²) in [6.45, 7) is 1.51. The Balaban J connectivity index is 1.97. The molecule has 2 aromatic rings. The van der Waals surface area contributed by atoms with Crippen LogP contribution in [-0.2, 0) is 20.7 Å². The minimum Gasteiger partial charge on any atom is -0.481 e. The van der Waals surface area contributed by atoms with Gasteiger partial charge in [-0.2, -0.15) is 0 Å². The quantitative estimate of drug-likeness (QED) is 0.780. The fourth-order valence-electron chi connectivity index (χ4n) is 2.09. The number of carbonyl (C=O) groups is 2. The van der Waals surface area contributed by atoms with Gasteiger partial charge < -0.3 is 14.8 Å². The van der Waals surface area contributed by atoms with Crippen LogP contribution in [0.5, 0.6) is 5.75 Å². The van der Waals surface area contributed by atoms with Crippen LogP contribution in [0.1, 0.15) is 12.5 Å². The maximum absolute atomic E-state index is 13.5. The van der Waals surface area contributed by atoms with Crippen molar-refractivity contribution in [2.75, 3.05) is 18.5 Å². The third-order valence-corrected chi connectivity index (χ3v) is 3.18. The molecule has 0 heterocycles.